The lowest BCUT2D eigenvalue weighted by Crippen LogP contribution is -2.42. The first kappa shape index (κ1) is 37.1. The number of hydrogen-bond acceptors (Lipinski definition) is 5. The highest BCUT2D eigenvalue weighted by atomic mass is 28.4. The van der Waals surface area contributed by atoms with Crippen molar-refractivity contribution in [2.24, 2.45) is 5.92 Å². The molecule has 1 fully saturated rings. The Balaban J connectivity index is 1.58. The fraction of sp³-hybridized carbons (Fsp3) is 0.350. The van der Waals surface area contributed by atoms with Crippen molar-refractivity contribution in [3.8, 4) is 5.75 Å². The summed E-state index contributed by atoms with van der Waals surface area (Å²) < 4.78 is 40.9. The number of anilines is 1. The second-order valence-corrected chi connectivity index (χ2v) is 23.8. The number of carbonyl (C=O) groups is 2. The molecule has 0 radical (unpaired) electrons. The number of rotatable bonds is 14. The van der Waals surface area contributed by atoms with E-state index in [0.29, 0.717) is 24.9 Å². The lowest BCUT2D eigenvalue weighted by atomic mass is 9.85. The molecule has 50 heavy (non-hydrogen) atoms. The van der Waals surface area contributed by atoms with Gasteiger partial charge in [0.2, 0.25) is 20.1 Å². The average molecular weight is 715 g/mol. The van der Waals surface area contributed by atoms with Crippen LogP contribution in [0.15, 0.2) is 103 Å². The third-order valence-electron chi connectivity index (χ3n) is 8.66. The van der Waals surface area contributed by atoms with Gasteiger partial charge in [0.05, 0.1) is 24.1 Å². The summed E-state index contributed by atoms with van der Waals surface area (Å²) in [4.78, 5) is 30.1. The van der Waals surface area contributed by atoms with Crippen LogP contribution in [0, 0.1) is 17.6 Å². The molecule has 0 bridgehead atoms. The van der Waals surface area contributed by atoms with Crippen LogP contribution in [0.2, 0.25) is 39.3 Å². The van der Waals surface area contributed by atoms with E-state index in [9.17, 15) is 13.6 Å². The van der Waals surface area contributed by atoms with E-state index in [1.54, 1.807) is 24.3 Å². The summed E-state index contributed by atoms with van der Waals surface area (Å²) in [6, 6.07) is 28.8. The zero-order valence-corrected chi connectivity index (χ0v) is 31.8. The molecule has 6 nitrogen and oxygen atoms in total. The van der Waals surface area contributed by atoms with Gasteiger partial charge >= 0.3 is 0 Å². The van der Waals surface area contributed by atoms with E-state index in [0.717, 1.165) is 22.4 Å². The number of carbonyl (C=O) groups excluding carboxylic acids is 2. The van der Waals surface area contributed by atoms with Crippen molar-refractivity contribution in [1.82, 2.24) is 4.90 Å². The normalized spacial score (nSPS) is 16.9. The predicted molar refractivity (Wildman–Crippen MR) is 200 cm³/mol. The average Bonchev–Trinajstić information content (AvgIpc) is 3.45. The summed E-state index contributed by atoms with van der Waals surface area (Å²) in [7, 11) is -3.97. The molecule has 0 saturated carbocycles. The first-order valence-electron chi connectivity index (χ1n) is 17.3. The third kappa shape index (κ3) is 9.98. The maximum Gasteiger partial charge on any atom is 0.242 e. The summed E-state index contributed by atoms with van der Waals surface area (Å²) in [6.07, 6.45) is 1.21. The van der Waals surface area contributed by atoms with Crippen LogP contribution < -0.4 is 9.74 Å². The Morgan fingerprint density at radius 2 is 1.36 bits per heavy atom. The molecule has 1 N–H and O–H groups in total. The molecule has 1 aliphatic heterocycles. The highest BCUT2D eigenvalue weighted by Crippen LogP contribution is 2.40. The molecular formula is C40H48F2N2O4Si2. The number of hydrogen-bond donors (Lipinski definition) is 1. The third-order valence-corrected chi connectivity index (χ3v) is 10.5. The Labute approximate surface area is 297 Å². The summed E-state index contributed by atoms with van der Waals surface area (Å²) in [5.74, 6) is -1.18. The summed E-state index contributed by atoms with van der Waals surface area (Å²) in [5.41, 5.74) is 3.20. The minimum absolute atomic E-state index is 0.207. The van der Waals surface area contributed by atoms with Gasteiger partial charge in [0.25, 0.3) is 0 Å². The summed E-state index contributed by atoms with van der Waals surface area (Å²) in [6.45, 7) is 12.6. The van der Waals surface area contributed by atoms with E-state index in [1.807, 2.05) is 54.6 Å². The van der Waals surface area contributed by atoms with E-state index in [-0.39, 0.29) is 35.9 Å². The van der Waals surface area contributed by atoms with Crippen LogP contribution >= 0.6 is 0 Å². The smallest absolute Gasteiger partial charge is 0.242 e. The van der Waals surface area contributed by atoms with E-state index >= 15 is 4.79 Å². The number of halogens is 2. The van der Waals surface area contributed by atoms with Gasteiger partial charge in [-0.05, 0) is 124 Å². The molecular weight excluding hydrogens is 667 g/mol. The van der Waals surface area contributed by atoms with E-state index in [1.165, 1.54) is 29.2 Å². The first-order chi connectivity index (χ1) is 23.7. The van der Waals surface area contributed by atoms with Crippen molar-refractivity contribution in [2.75, 3.05) is 5.32 Å². The lowest BCUT2D eigenvalue weighted by Gasteiger charge is -2.35. The van der Waals surface area contributed by atoms with Gasteiger partial charge in [-0.25, -0.2) is 8.78 Å². The fourth-order valence-corrected chi connectivity index (χ4v) is 8.48. The number of likely N-dealkylation sites (tertiary alicyclic amines) is 1. The van der Waals surface area contributed by atoms with Crippen LogP contribution in [0.1, 0.15) is 60.6 Å². The van der Waals surface area contributed by atoms with E-state index in [2.05, 4.69) is 44.6 Å². The summed E-state index contributed by atoms with van der Waals surface area (Å²) in [5, 5.41) is 3.54. The van der Waals surface area contributed by atoms with Crippen molar-refractivity contribution in [1.29, 1.82) is 0 Å². The quantitative estimate of drug-likeness (QED) is 0.132. The largest absolute Gasteiger partial charge is 0.544 e. The second kappa shape index (κ2) is 15.8. The molecule has 1 aliphatic rings. The SMILES string of the molecule is C[Si](C)(C)Oc1ccc([C@@H](Nc2ccc(F)cc2)[C@@H](CC[C@H](O[Si](C)(C)C)c2ccc(F)cc2)C(=O)N2C(=O)CC[C@@H]2c2ccccc2)cc1. The molecule has 264 valence electrons. The zero-order chi connectivity index (χ0) is 36.1. The maximum absolute atomic E-state index is 15.0. The van der Waals surface area contributed by atoms with Gasteiger partial charge in [0.15, 0.2) is 8.32 Å². The van der Waals surface area contributed by atoms with Crippen molar-refractivity contribution >= 4 is 34.1 Å². The number of imide groups is 1. The molecule has 0 aliphatic carbocycles. The van der Waals surface area contributed by atoms with Crippen LogP contribution in [0.4, 0.5) is 14.5 Å². The molecule has 4 atom stereocenters. The van der Waals surface area contributed by atoms with E-state index < -0.39 is 34.7 Å². The Morgan fingerprint density at radius 1 is 0.780 bits per heavy atom. The topological polar surface area (TPSA) is 67.9 Å². The Morgan fingerprint density at radius 3 is 1.94 bits per heavy atom. The minimum Gasteiger partial charge on any atom is -0.544 e. The summed E-state index contributed by atoms with van der Waals surface area (Å²) >= 11 is 0. The highest BCUT2D eigenvalue weighted by Gasteiger charge is 2.43. The van der Waals surface area contributed by atoms with Crippen LogP contribution in [-0.4, -0.2) is 33.3 Å². The molecule has 0 spiro atoms. The Bertz CT molecular complexity index is 1730. The Kier molecular flexibility index (Phi) is 11.8. The van der Waals surface area contributed by atoms with Gasteiger partial charge in [-0.1, -0.05) is 54.6 Å². The molecule has 2 amide bonds. The van der Waals surface area contributed by atoms with Crippen LogP contribution in [0.5, 0.6) is 5.75 Å². The van der Waals surface area contributed by atoms with Crippen LogP contribution in [-0.2, 0) is 14.0 Å². The number of nitrogens with zero attached hydrogens (tertiary/aromatic N) is 1. The van der Waals surface area contributed by atoms with Crippen molar-refractivity contribution < 1.29 is 27.2 Å². The fourth-order valence-electron chi connectivity index (χ4n) is 6.53. The first-order valence-corrected chi connectivity index (χ1v) is 24.1. The minimum atomic E-state index is -2.10. The molecule has 1 heterocycles. The van der Waals surface area contributed by atoms with Gasteiger partial charge in [0, 0.05) is 12.1 Å². The van der Waals surface area contributed by atoms with E-state index in [4.69, 9.17) is 8.85 Å². The van der Waals surface area contributed by atoms with Crippen LogP contribution in [0.3, 0.4) is 0 Å². The predicted octanol–water partition coefficient (Wildman–Crippen LogP) is 10.2. The van der Waals surface area contributed by atoms with Crippen molar-refractivity contribution in [3.63, 3.8) is 0 Å². The van der Waals surface area contributed by atoms with Gasteiger partial charge in [0.1, 0.15) is 17.4 Å². The molecule has 1 saturated heterocycles. The highest BCUT2D eigenvalue weighted by molar-refractivity contribution is 6.70. The van der Waals surface area contributed by atoms with Gasteiger partial charge in [-0.2, -0.15) is 0 Å². The lowest BCUT2D eigenvalue weighted by molar-refractivity contribution is -0.147. The standard InChI is InChI=1S/C40H48F2N2O4Si2/c1-49(2,3)47-34-22-14-30(15-23-34)39(43-33-20-18-32(42)19-21-33)35(24-26-37(48-50(4,5)6)29-12-16-31(41)17-13-29)40(46)44-36(25-27-38(44)45)28-10-8-7-9-11-28/h7-23,35-37,39,43H,24-27H2,1-6H3/t35-,36-,37+,39-/m1/s1. The zero-order valence-electron chi connectivity index (χ0n) is 29.8. The number of benzene rings is 4. The monoisotopic (exact) mass is 714 g/mol. The molecule has 10 heteroatoms. The molecule has 4 aromatic carbocycles. The van der Waals surface area contributed by atoms with Gasteiger partial charge in [-0.3, -0.25) is 14.5 Å². The van der Waals surface area contributed by atoms with Crippen molar-refractivity contribution in [2.45, 2.75) is 83.2 Å². The van der Waals surface area contributed by atoms with Crippen LogP contribution in [0.25, 0.3) is 0 Å². The maximum atomic E-state index is 15.0. The second-order valence-electron chi connectivity index (χ2n) is 14.9. The number of nitrogens with one attached hydrogen (secondary N) is 1. The molecule has 0 aromatic heterocycles. The van der Waals surface area contributed by atoms with Crippen molar-refractivity contribution in [3.05, 3.63) is 131 Å². The number of amides is 2. The van der Waals surface area contributed by atoms with Gasteiger partial charge in [-0.15, -0.1) is 0 Å². The molecule has 5 rings (SSSR count). The molecule has 4 aromatic rings. The molecule has 0 unspecified atom stereocenters. The van der Waals surface area contributed by atoms with Gasteiger partial charge < -0.3 is 14.2 Å². The Hall–Kier alpha value is -4.13.